The standard InChI is InChI=1S/C20H28N2O3/c23-19-17-4-2-1-3-14(17)5-6-18(19)20(24)21-13-16-7-10-22(16)15-8-11-25-12-9-15/h5-6,15-16,23H,1-4,7-13H2,(H,21,24). The Labute approximate surface area is 149 Å². The van der Waals surface area contributed by atoms with E-state index in [9.17, 15) is 9.90 Å². The Bertz CT molecular complexity index is 640. The number of nitrogens with one attached hydrogen (secondary N) is 1. The molecule has 1 amide bonds. The molecule has 25 heavy (non-hydrogen) atoms. The molecule has 2 saturated heterocycles. The highest BCUT2D eigenvalue weighted by Crippen LogP contribution is 2.32. The fraction of sp³-hybridized carbons (Fsp3) is 0.650. The largest absolute Gasteiger partial charge is 0.507 e. The van der Waals surface area contributed by atoms with Gasteiger partial charge in [0.15, 0.2) is 0 Å². The lowest BCUT2D eigenvalue weighted by atomic mass is 9.89. The van der Waals surface area contributed by atoms with E-state index in [-0.39, 0.29) is 11.7 Å². The molecule has 0 saturated carbocycles. The summed E-state index contributed by atoms with van der Waals surface area (Å²) >= 11 is 0. The van der Waals surface area contributed by atoms with Crippen LogP contribution in [0.4, 0.5) is 0 Å². The molecule has 0 bridgehead atoms. The molecule has 2 heterocycles. The number of benzene rings is 1. The Kier molecular flexibility index (Phi) is 4.95. The minimum atomic E-state index is -0.148. The molecule has 0 aromatic heterocycles. The predicted octanol–water partition coefficient (Wildman–Crippen LogP) is 2.25. The average Bonchev–Trinajstić information content (AvgIpc) is 2.62. The SMILES string of the molecule is O=C(NCC1CCN1C1CCOCC1)c1ccc2c(c1O)CCCC2. The zero-order valence-corrected chi connectivity index (χ0v) is 14.8. The fourth-order valence-electron chi connectivity index (χ4n) is 4.48. The molecule has 5 heteroatoms. The van der Waals surface area contributed by atoms with Gasteiger partial charge in [-0.1, -0.05) is 6.07 Å². The van der Waals surface area contributed by atoms with Crippen molar-refractivity contribution in [1.82, 2.24) is 10.2 Å². The highest BCUT2D eigenvalue weighted by Gasteiger charge is 2.34. The van der Waals surface area contributed by atoms with E-state index in [2.05, 4.69) is 10.2 Å². The number of ether oxygens (including phenoxy) is 1. The van der Waals surface area contributed by atoms with Crippen molar-refractivity contribution in [2.45, 2.75) is 57.0 Å². The van der Waals surface area contributed by atoms with Gasteiger partial charge >= 0.3 is 0 Å². The molecule has 0 spiro atoms. The lowest BCUT2D eigenvalue weighted by Gasteiger charge is -2.47. The van der Waals surface area contributed by atoms with Crippen LogP contribution in [0, 0.1) is 0 Å². The van der Waals surface area contributed by atoms with Crippen LogP contribution >= 0.6 is 0 Å². The maximum Gasteiger partial charge on any atom is 0.255 e. The second kappa shape index (κ2) is 7.34. The van der Waals surface area contributed by atoms with E-state index in [4.69, 9.17) is 4.74 Å². The summed E-state index contributed by atoms with van der Waals surface area (Å²) < 4.78 is 5.44. The van der Waals surface area contributed by atoms with Gasteiger partial charge in [0.2, 0.25) is 0 Å². The third-order valence-corrected chi connectivity index (χ3v) is 6.09. The molecule has 2 fully saturated rings. The first-order valence-electron chi connectivity index (χ1n) is 9.69. The summed E-state index contributed by atoms with van der Waals surface area (Å²) in [5, 5.41) is 13.6. The number of amides is 1. The molecule has 136 valence electrons. The van der Waals surface area contributed by atoms with Gasteiger partial charge in [-0.05, 0) is 62.1 Å². The number of phenolic OH excluding ortho intramolecular Hbond substituents is 1. The number of nitrogens with zero attached hydrogens (tertiary/aromatic N) is 1. The highest BCUT2D eigenvalue weighted by molar-refractivity contribution is 5.97. The van der Waals surface area contributed by atoms with E-state index < -0.39 is 0 Å². The van der Waals surface area contributed by atoms with Gasteiger partial charge in [-0.3, -0.25) is 9.69 Å². The molecule has 1 aliphatic carbocycles. The molecule has 2 N–H and O–H groups in total. The molecular weight excluding hydrogens is 316 g/mol. The second-order valence-corrected chi connectivity index (χ2v) is 7.54. The van der Waals surface area contributed by atoms with E-state index in [1.165, 1.54) is 12.0 Å². The number of likely N-dealkylation sites (tertiary alicyclic amines) is 1. The van der Waals surface area contributed by atoms with Crippen molar-refractivity contribution in [3.05, 3.63) is 28.8 Å². The van der Waals surface area contributed by atoms with Gasteiger partial charge in [0.05, 0.1) is 5.56 Å². The molecule has 1 unspecified atom stereocenters. The average molecular weight is 344 g/mol. The zero-order valence-electron chi connectivity index (χ0n) is 14.8. The number of aryl methyl sites for hydroxylation is 1. The van der Waals surface area contributed by atoms with Crippen molar-refractivity contribution >= 4 is 5.91 Å². The summed E-state index contributed by atoms with van der Waals surface area (Å²) in [7, 11) is 0. The Morgan fingerprint density at radius 2 is 2.00 bits per heavy atom. The van der Waals surface area contributed by atoms with Gasteiger partial charge in [-0.15, -0.1) is 0 Å². The number of fused-ring (bicyclic) bond motifs is 1. The lowest BCUT2D eigenvalue weighted by Crippen LogP contribution is -2.58. The molecule has 0 radical (unpaired) electrons. The molecule has 1 aromatic carbocycles. The van der Waals surface area contributed by atoms with Gasteiger partial charge in [-0.2, -0.15) is 0 Å². The summed E-state index contributed by atoms with van der Waals surface area (Å²) in [5.74, 6) is 0.0503. The van der Waals surface area contributed by atoms with Crippen LogP contribution in [-0.4, -0.2) is 54.3 Å². The number of carbonyl (C=O) groups excluding carboxylic acids is 1. The number of carbonyl (C=O) groups is 1. The van der Waals surface area contributed by atoms with Gasteiger partial charge in [0.1, 0.15) is 5.75 Å². The van der Waals surface area contributed by atoms with E-state index >= 15 is 0 Å². The van der Waals surface area contributed by atoms with Crippen LogP contribution in [0.2, 0.25) is 0 Å². The maximum atomic E-state index is 12.6. The molecule has 5 nitrogen and oxygen atoms in total. The second-order valence-electron chi connectivity index (χ2n) is 7.54. The number of rotatable bonds is 4. The zero-order chi connectivity index (χ0) is 17.2. The van der Waals surface area contributed by atoms with Crippen molar-refractivity contribution in [3.63, 3.8) is 0 Å². The topological polar surface area (TPSA) is 61.8 Å². The van der Waals surface area contributed by atoms with Crippen molar-refractivity contribution in [3.8, 4) is 5.75 Å². The number of phenols is 1. The van der Waals surface area contributed by atoms with Gasteiger partial charge < -0.3 is 15.2 Å². The van der Waals surface area contributed by atoms with Crippen LogP contribution in [0.25, 0.3) is 0 Å². The Morgan fingerprint density at radius 3 is 2.76 bits per heavy atom. The quantitative estimate of drug-likeness (QED) is 0.879. The van der Waals surface area contributed by atoms with Crippen LogP contribution in [0.5, 0.6) is 5.75 Å². The molecule has 4 rings (SSSR count). The molecule has 3 aliphatic rings. The first-order chi connectivity index (χ1) is 12.2. The first-order valence-corrected chi connectivity index (χ1v) is 9.69. The van der Waals surface area contributed by atoms with Crippen LogP contribution in [0.15, 0.2) is 12.1 Å². The normalized spacial score (nSPS) is 24.4. The predicted molar refractivity (Wildman–Crippen MR) is 96.0 cm³/mol. The van der Waals surface area contributed by atoms with Crippen LogP contribution in [0.3, 0.4) is 0 Å². The first kappa shape index (κ1) is 16.9. The fourth-order valence-corrected chi connectivity index (χ4v) is 4.48. The summed E-state index contributed by atoms with van der Waals surface area (Å²) in [5.41, 5.74) is 2.61. The van der Waals surface area contributed by atoms with Crippen LogP contribution in [-0.2, 0) is 17.6 Å². The van der Waals surface area contributed by atoms with E-state index in [0.29, 0.717) is 24.2 Å². The van der Waals surface area contributed by atoms with Gasteiger partial charge in [-0.25, -0.2) is 0 Å². The smallest absolute Gasteiger partial charge is 0.255 e. The van der Waals surface area contributed by atoms with Gasteiger partial charge in [0.25, 0.3) is 5.91 Å². The van der Waals surface area contributed by atoms with E-state index in [0.717, 1.165) is 63.8 Å². The molecule has 1 aromatic rings. The van der Waals surface area contributed by atoms with Crippen LogP contribution in [0.1, 0.15) is 53.6 Å². The summed E-state index contributed by atoms with van der Waals surface area (Å²) in [4.78, 5) is 15.1. The van der Waals surface area contributed by atoms with Crippen LogP contribution < -0.4 is 5.32 Å². The summed E-state index contributed by atoms with van der Waals surface area (Å²) in [6, 6.07) is 4.82. The third kappa shape index (κ3) is 3.40. The van der Waals surface area contributed by atoms with E-state index in [1.807, 2.05) is 6.07 Å². The Morgan fingerprint density at radius 1 is 1.20 bits per heavy atom. The molecule has 1 atom stereocenters. The highest BCUT2D eigenvalue weighted by atomic mass is 16.5. The molecule has 2 aliphatic heterocycles. The van der Waals surface area contributed by atoms with Gasteiger partial charge in [0, 0.05) is 38.4 Å². The number of aromatic hydroxyl groups is 1. The Hall–Kier alpha value is -1.59. The maximum absolute atomic E-state index is 12.6. The van der Waals surface area contributed by atoms with E-state index in [1.54, 1.807) is 6.07 Å². The van der Waals surface area contributed by atoms with Crippen molar-refractivity contribution < 1.29 is 14.6 Å². The minimum Gasteiger partial charge on any atom is -0.507 e. The van der Waals surface area contributed by atoms with Crippen molar-refractivity contribution in [2.24, 2.45) is 0 Å². The summed E-state index contributed by atoms with van der Waals surface area (Å²) in [6.45, 7) is 3.48. The monoisotopic (exact) mass is 344 g/mol. The minimum absolute atomic E-state index is 0.148. The molecular formula is C20H28N2O3. The summed E-state index contributed by atoms with van der Waals surface area (Å²) in [6.07, 6.45) is 7.46. The lowest BCUT2D eigenvalue weighted by molar-refractivity contribution is -0.0222. The number of hydrogen-bond acceptors (Lipinski definition) is 4. The van der Waals surface area contributed by atoms with Crippen molar-refractivity contribution in [1.29, 1.82) is 0 Å². The van der Waals surface area contributed by atoms with Crippen molar-refractivity contribution in [2.75, 3.05) is 26.3 Å². The Balaban J connectivity index is 1.36. The third-order valence-electron chi connectivity index (χ3n) is 6.09. The number of hydrogen-bond donors (Lipinski definition) is 2.